The first-order chi connectivity index (χ1) is 20.2. The predicted octanol–water partition coefficient (Wildman–Crippen LogP) is 8.81. The van der Waals surface area contributed by atoms with Crippen LogP contribution in [0.5, 0.6) is 0 Å². The maximum atomic E-state index is 14.0. The second kappa shape index (κ2) is 12.1. The Kier molecular flexibility index (Phi) is 8.42. The molecule has 0 amide bonds. The monoisotopic (exact) mass is 603 g/mol. The molecule has 0 aliphatic heterocycles. The van der Waals surface area contributed by atoms with Crippen LogP contribution in [-0.4, -0.2) is 39.7 Å². The van der Waals surface area contributed by atoms with Crippen LogP contribution in [0.3, 0.4) is 0 Å². The fraction of sp³-hybridized carbons (Fsp3) is 0.613. The van der Waals surface area contributed by atoms with Crippen molar-refractivity contribution in [1.82, 2.24) is 10.1 Å². The molecule has 3 aromatic rings. The van der Waals surface area contributed by atoms with Gasteiger partial charge in [-0.25, -0.2) is 14.8 Å². The molecule has 5 atom stereocenters. The third-order valence-electron chi connectivity index (χ3n) is 9.36. The number of fused-ring (bicyclic) bond motifs is 1. The van der Waals surface area contributed by atoms with E-state index in [2.05, 4.69) is 22.1 Å². The zero-order chi connectivity index (χ0) is 29.4. The molecule has 0 saturated heterocycles. The van der Waals surface area contributed by atoms with E-state index in [1.807, 2.05) is 0 Å². The molecule has 3 saturated carbocycles. The average molecular weight is 604 g/mol. The summed E-state index contributed by atoms with van der Waals surface area (Å²) in [6, 6.07) is 4.81. The van der Waals surface area contributed by atoms with Crippen LogP contribution in [0.25, 0.3) is 10.2 Å². The molecule has 1 N–H and O–H groups in total. The molecule has 0 spiro atoms. The van der Waals surface area contributed by atoms with Crippen molar-refractivity contribution in [2.24, 2.45) is 22.7 Å². The van der Waals surface area contributed by atoms with Gasteiger partial charge < -0.3 is 14.4 Å². The van der Waals surface area contributed by atoms with Gasteiger partial charge in [0.1, 0.15) is 5.76 Å². The van der Waals surface area contributed by atoms with Crippen molar-refractivity contribution in [2.45, 2.75) is 102 Å². The highest BCUT2D eigenvalue weighted by Crippen LogP contribution is 2.50. The molecule has 2 heterocycles. The van der Waals surface area contributed by atoms with Crippen LogP contribution in [0, 0.1) is 17.8 Å². The van der Waals surface area contributed by atoms with Crippen molar-refractivity contribution in [3.8, 4) is 0 Å². The number of carbonyl (C=O) groups is 1. The van der Waals surface area contributed by atoms with Crippen LogP contribution in [0.2, 0.25) is 0 Å². The van der Waals surface area contributed by atoms with Gasteiger partial charge >= 0.3 is 12.1 Å². The number of benzene rings is 1. The number of aliphatic imine (C=N–C) groups is 1. The van der Waals surface area contributed by atoms with Crippen molar-refractivity contribution in [2.75, 3.05) is 0 Å². The van der Waals surface area contributed by atoms with Gasteiger partial charge in [0.25, 0.3) is 0 Å². The van der Waals surface area contributed by atoms with Gasteiger partial charge in [-0.2, -0.15) is 13.2 Å². The van der Waals surface area contributed by atoms with Crippen LogP contribution in [0.4, 0.5) is 18.3 Å². The fourth-order valence-corrected chi connectivity index (χ4v) is 7.37. The summed E-state index contributed by atoms with van der Waals surface area (Å²) in [6.45, 7) is 2.43. The Bertz CT molecular complexity index is 1450. The molecule has 0 radical (unpaired) electrons. The zero-order valence-corrected chi connectivity index (χ0v) is 24.4. The molecular formula is C31H36F3N3O4S. The number of hydrogen-bond acceptors (Lipinski definition) is 7. The molecule has 226 valence electrons. The first-order valence-corrected chi connectivity index (χ1v) is 15.8. The van der Waals surface area contributed by atoms with Gasteiger partial charge in [-0.05, 0) is 68.6 Å². The number of hydrogen-bond donors (Lipinski definition) is 1. The van der Waals surface area contributed by atoms with E-state index < -0.39 is 24.0 Å². The summed E-state index contributed by atoms with van der Waals surface area (Å²) in [6.07, 6.45) is 4.93. The van der Waals surface area contributed by atoms with E-state index in [4.69, 9.17) is 9.26 Å². The molecule has 7 nitrogen and oxygen atoms in total. The number of rotatable bonds is 11. The van der Waals surface area contributed by atoms with Gasteiger partial charge in [0.05, 0.1) is 40.1 Å². The lowest BCUT2D eigenvalue weighted by atomic mass is 9.72. The summed E-state index contributed by atoms with van der Waals surface area (Å²) >= 11 is 1.33. The molecule has 1 aromatic carbocycles. The zero-order valence-electron chi connectivity index (χ0n) is 23.6. The molecule has 2 aromatic heterocycles. The lowest BCUT2D eigenvalue weighted by Crippen LogP contribution is -2.32. The topological polar surface area (TPSA) is 97.8 Å². The van der Waals surface area contributed by atoms with E-state index >= 15 is 0 Å². The second-order valence-corrected chi connectivity index (χ2v) is 13.2. The quantitative estimate of drug-likeness (QED) is 0.220. The summed E-state index contributed by atoms with van der Waals surface area (Å²) in [5, 5.41) is 14.1. The molecule has 42 heavy (non-hydrogen) atoms. The van der Waals surface area contributed by atoms with Gasteiger partial charge in [0, 0.05) is 30.0 Å². The Balaban J connectivity index is 1.19. The number of halogens is 3. The molecule has 0 bridgehead atoms. The molecule has 3 unspecified atom stereocenters. The molecule has 3 fully saturated rings. The SMILES string of the molecule is CC1CC[C@@H]1C[C@@H](CC=Nc1nc2ccc(C(=O)O)cc2s1)OCc1c(C2CCCCC2C(F)(F)F)noc1C1CC1. The first-order valence-electron chi connectivity index (χ1n) is 15.0. The number of aromatic nitrogens is 2. The number of alkyl halides is 3. The van der Waals surface area contributed by atoms with Gasteiger partial charge in [-0.1, -0.05) is 42.7 Å². The molecule has 6 rings (SSSR count). The van der Waals surface area contributed by atoms with E-state index in [1.54, 1.807) is 18.3 Å². The number of carboxylic acids is 1. The Labute approximate surface area is 246 Å². The summed E-state index contributed by atoms with van der Waals surface area (Å²) in [5.74, 6) is -1.01. The van der Waals surface area contributed by atoms with Crippen molar-refractivity contribution in [3.63, 3.8) is 0 Å². The van der Waals surface area contributed by atoms with Gasteiger partial charge in [0.15, 0.2) is 0 Å². The van der Waals surface area contributed by atoms with Crippen LogP contribution in [-0.2, 0) is 11.3 Å². The maximum absolute atomic E-state index is 14.0. The summed E-state index contributed by atoms with van der Waals surface area (Å²) < 4.78 is 55.0. The van der Waals surface area contributed by atoms with Crippen molar-refractivity contribution < 1.29 is 32.3 Å². The number of thiazole rings is 1. The van der Waals surface area contributed by atoms with Gasteiger partial charge in [0.2, 0.25) is 5.13 Å². The maximum Gasteiger partial charge on any atom is 0.392 e. The van der Waals surface area contributed by atoms with Crippen molar-refractivity contribution in [1.29, 1.82) is 0 Å². The summed E-state index contributed by atoms with van der Waals surface area (Å²) in [5.41, 5.74) is 2.07. The Morgan fingerprint density at radius 3 is 2.71 bits per heavy atom. The smallest absolute Gasteiger partial charge is 0.392 e. The highest BCUT2D eigenvalue weighted by atomic mass is 32.1. The van der Waals surface area contributed by atoms with E-state index in [1.165, 1.54) is 23.8 Å². The third-order valence-corrected chi connectivity index (χ3v) is 10.3. The van der Waals surface area contributed by atoms with Crippen molar-refractivity contribution >= 4 is 38.9 Å². The predicted molar refractivity (Wildman–Crippen MR) is 154 cm³/mol. The third kappa shape index (κ3) is 6.41. The lowest BCUT2D eigenvalue weighted by Gasteiger charge is -2.36. The van der Waals surface area contributed by atoms with E-state index in [-0.39, 0.29) is 30.6 Å². The number of carboxylic acid groups (broad SMARTS) is 1. The van der Waals surface area contributed by atoms with Crippen LogP contribution < -0.4 is 0 Å². The van der Waals surface area contributed by atoms with Gasteiger partial charge in [-0.15, -0.1) is 0 Å². The largest absolute Gasteiger partial charge is 0.478 e. The average Bonchev–Trinajstić information content (AvgIpc) is 3.58. The normalized spacial score (nSPS) is 25.6. The fourth-order valence-electron chi connectivity index (χ4n) is 6.49. The number of aromatic carboxylic acids is 1. The summed E-state index contributed by atoms with van der Waals surface area (Å²) in [7, 11) is 0. The Morgan fingerprint density at radius 1 is 1.21 bits per heavy atom. The van der Waals surface area contributed by atoms with Crippen molar-refractivity contribution in [3.05, 3.63) is 40.8 Å². The Hall–Kier alpha value is -2.79. The van der Waals surface area contributed by atoms with E-state index in [0.29, 0.717) is 53.2 Å². The minimum absolute atomic E-state index is 0.127. The van der Waals surface area contributed by atoms with E-state index in [9.17, 15) is 23.1 Å². The van der Waals surface area contributed by atoms with Gasteiger partial charge in [-0.3, -0.25) is 0 Å². The minimum atomic E-state index is -4.27. The molecule has 11 heteroatoms. The Morgan fingerprint density at radius 2 is 2.02 bits per heavy atom. The standard InChI is InChI=1S/C31H36F3N3O4S/c1-17-6-7-19(17)14-21(12-13-35-30-36-25-11-10-20(29(38)39)15-26(25)42-30)40-16-23-27(37-41-28(23)18-8-9-18)22-4-2-3-5-24(22)31(32,33)34/h10-11,13,15,17-19,21-22,24H,2-9,12,14,16H2,1H3,(H,38,39)/t17?,19-,21-,22?,24?/m1/s1. The van der Waals surface area contributed by atoms with Crippen LogP contribution >= 0.6 is 11.3 Å². The summed E-state index contributed by atoms with van der Waals surface area (Å²) in [4.78, 5) is 20.4. The lowest BCUT2D eigenvalue weighted by molar-refractivity contribution is -0.187. The number of ether oxygens (including phenoxy) is 1. The molecule has 3 aliphatic carbocycles. The highest BCUT2D eigenvalue weighted by molar-refractivity contribution is 7.22. The number of nitrogens with zero attached hydrogens (tertiary/aromatic N) is 3. The van der Waals surface area contributed by atoms with E-state index in [0.717, 1.165) is 42.4 Å². The second-order valence-electron chi connectivity index (χ2n) is 12.2. The minimum Gasteiger partial charge on any atom is -0.478 e. The van der Waals surface area contributed by atoms with Crippen LogP contribution in [0.1, 0.15) is 110 Å². The highest BCUT2D eigenvalue weighted by Gasteiger charge is 2.48. The molecule has 3 aliphatic rings. The van der Waals surface area contributed by atoms with Crippen LogP contribution in [0.15, 0.2) is 27.7 Å². The first kappa shape index (κ1) is 29.3. The molecular weight excluding hydrogens is 567 g/mol.